The van der Waals surface area contributed by atoms with Crippen molar-refractivity contribution in [3.05, 3.63) is 23.5 Å². The third kappa shape index (κ3) is 3.03. The van der Waals surface area contributed by atoms with Crippen molar-refractivity contribution in [1.82, 2.24) is 0 Å². The second kappa shape index (κ2) is 6.81. The van der Waals surface area contributed by atoms with E-state index >= 15 is 0 Å². The molecule has 0 spiro atoms. The molecule has 0 amide bonds. The van der Waals surface area contributed by atoms with Crippen molar-refractivity contribution in [1.29, 1.82) is 0 Å². The first kappa shape index (κ1) is 18.8. The summed E-state index contributed by atoms with van der Waals surface area (Å²) in [6.45, 7) is 9.55. The minimum absolute atomic E-state index is 0.467. The van der Waals surface area contributed by atoms with Gasteiger partial charge in [0.15, 0.2) is 8.32 Å². The molecule has 4 rings (SSSR count). The largest absolute Gasteiger partial charge is 0.501 e. The first-order chi connectivity index (χ1) is 12.4. The van der Waals surface area contributed by atoms with Crippen LogP contribution in [-0.2, 0) is 9.16 Å². The zero-order valence-electron chi connectivity index (χ0n) is 17.5. The summed E-state index contributed by atoms with van der Waals surface area (Å²) in [5, 5.41) is 0. The van der Waals surface area contributed by atoms with Crippen molar-refractivity contribution in [2.45, 2.75) is 84.0 Å². The van der Waals surface area contributed by atoms with Gasteiger partial charge in [0, 0.05) is 6.42 Å². The Bertz CT molecular complexity index is 602. The SMILES string of the molecule is CC[C@]12CC[C@H]3[C@@H](CC=C4C=C(OC)CC[C@@H]43)[C@@H]1CC[C@@H]2O[Si](C)(C)C. The van der Waals surface area contributed by atoms with E-state index in [0.29, 0.717) is 11.5 Å². The number of ether oxygens (including phenoxy) is 1. The first-order valence-electron chi connectivity index (χ1n) is 11.0. The third-order valence-electron chi connectivity index (χ3n) is 8.15. The summed E-state index contributed by atoms with van der Waals surface area (Å²) >= 11 is 0. The number of methoxy groups -OCH3 is 1. The van der Waals surface area contributed by atoms with Crippen LogP contribution in [-0.4, -0.2) is 21.5 Å². The van der Waals surface area contributed by atoms with Crippen LogP contribution in [0.15, 0.2) is 23.5 Å². The maximum atomic E-state index is 6.77. The van der Waals surface area contributed by atoms with Crippen molar-refractivity contribution in [3.63, 3.8) is 0 Å². The molecule has 2 fully saturated rings. The zero-order chi connectivity index (χ0) is 18.5. The molecule has 2 saturated carbocycles. The molecule has 0 radical (unpaired) electrons. The summed E-state index contributed by atoms with van der Waals surface area (Å²) in [4.78, 5) is 0. The van der Waals surface area contributed by atoms with Crippen molar-refractivity contribution in [2.75, 3.05) is 7.11 Å². The minimum atomic E-state index is -1.48. The summed E-state index contributed by atoms with van der Waals surface area (Å²) in [5.41, 5.74) is 2.06. The quantitative estimate of drug-likeness (QED) is 0.537. The molecular formula is C23H38O2Si. The van der Waals surface area contributed by atoms with Crippen molar-refractivity contribution in [3.8, 4) is 0 Å². The summed E-state index contributed by atoms with van der Waals surface area (Å²) < 4.78 is 12.3. The Hall–Kier alpha value is -0.543. The highest BCUT2D eigenvalue weighted by molar-refractivity contribution is 6.69. The fraction of sp³-hybridized carbons (Fsp3) is 0.826. The molecule has 0 aromatic carbocycles. The molecular weight excluding hydrogens is 336 g/mol. The van der Waals surface area contributed by atoms with E-state index < -0.39 is 8.32 Å². The smallest absolute Gasteiger partial charge is 0.184 e. The highest BCUT2D eigenvalue weighted by atomic mass is 28.4. The van der Waals surface area contributed by atoms with Gasteiger partial charge in [-0.25, -0.2) is 0 Å². The summed E-state index contributed by atoms with van der Waals surface area (Å²) in [6, 6.07) is 0. The van der Waals surface area contributed by atoms with E-state index in [4.69, 9.17) is 9.16 Å². The lowest BCUT2D eigenvalue weighted by Crippen LogP contribution is -2.50. The van der Waals surface area contributed by atoms with Gasteiger partial charge in [-0.15, -0.1) is 0 Å². The zero-order valence-corrected chi connectivity index (χ0v) is 18.5. The standard InChI is InChI=1S/C23H38O2Si/c1-6-23-14-13-19-18-10-8-17(24-2)15-16(18)7-9-20(19)21(23)11-12-22(23)25-26(3,4)5/h7,15,18-22H,6,8-14H2,1-5H3/t18-,19+,20+,21-,22-,23-/m0/s1. The Balaban J connectivity index is 1.59. The minimum Gasteiger partial charge on any atom is -0.501 e. The van der Waals surface area contributed by atoms with Crippen LogP contribution in [0, 0.1) is 29.1 Å². The molecule has 0 unspecified atom stereocenters. The Morgan fingerprint density at radius 1 is 1.12 bits per heavy atom. The van der Waals surface area contributed by atoms with E-state index in [0.717, 1.165) is 30.1 Å². The molecule has 0 aliphatic heterocycles. The predicted octanol–water partition coefficient (Wildman–Crippen LogP) is 6.31. The van der Waals surface area contributed by atoms with Crippen molar-refractivity contribution in [2.24, 2.45) is 29.1 Å². The van der Waals surface area contributed by atoms with E-state index in [1.165, 1.54) is 50.7 Å². The molecule has 0 N–H and O–H groups in total. The number of rotatable bonds is 4. The maximum Gasteiger partial charge on any atom is 0.184 e. The van der Waals surface area contributed by atoms with Gasteiger partial charge in [-0.1, -0.05) is 13.0 Å². The van der Waals surface area contributed by atoms with Gasteiger partial charge in [0.2, 0.25) is 0 Å². The average Bonchev–Trinajstić information content (AvgIpc) is 2.98. The molecule has 0 saturated heterocycles. The lowest BCUT2D eigenvalue weighted by Gasteiger charge is -2.54. The Kier molecular flexibility index (Phi) is 4.92. The van der Waals surface area contributed by atoms with Gasteiger partial charge in [0.1, 0.15) is 0 Å². The fourth-order valence-corrected chi connectivity index (χ4v) is 8.33. The van der Waals surface area contributed by atoms with Gasteiger partial charge in [0.05, 0.1) is 19.0 Å². The van der Waals surface area contributed by atoms with Crippen LogP contribution in [0.2, 0.25) is 19.6 Å². The van der Waals surface area contributed by atoms with Crippen LogP contribution in [0.5, 0.6) is 0 Å². The molecule has 4 aliphatic rings. The Morgan fingerprint density at radius 2 is 1.92 bits per heavy atom. The molecule has 4 aliphatic carbocycles. The third-order valence-corrected chi connectivity index (χ3v) is 9.14. The molecule has 6 atom stereocenters. The van der Waals surface area contributed by atoms with E-state index in [-0.39, 0.29) is 0 Å². The van der Waals surface area contributed by atoms with Crippen LogP contribution >= 0.6 is 0 Å². The lowest BCUT2D eigenvalue weighted by molar-refractivity contribution is -0.0539. The Morgan fingerprint density at radius 3 is 2.62 bits per heavy atom. The van der Waals surface area contributed by atoms with Crippen molar-refractivity contribution < 1.29 is 9.16 Å². The highest BCUT2D eigenvalue weighted by Crippen LogP contribution is 2.63. The fourth-order valence-electron chi connectivity index (χ4n) is 7.12. The first-order valence-corrected chi connectivity index (χ1v) is 14.4. The molecule has 3 heteroatoms. The van der Waals surface area contributed by atoms with E-state index in [1.54, 1.807) is 5.57 Å². The van der Waals surface area contributed by atoms with Crippen LogP contribution in [0.25, 0.3) is 0 Å². The Labute approximate surface area is 161 Å². The molecule has 2 nitrogen and oxygen atoms in total. The van der Waals surface area contributed by atoms with Crippen molar-refractivity contribution >= 4 is 8.32 Å². The van der Waals surface area contributed by atoms with Crippen LogP contribution in [0.1, 0.15) is 58.3 Å². The summed E-state index contributed by atoms with van der Waals surface area (Å²) in [6.07, 6.45) is 16.0. The van der Waals surface area contributed by atoms with Gasteiger partial charge in [-0.3, -0.25) is 0 Å². The van der Waals surface area contributed by atoms with Crippen LogP contribution in [0.3, 0.4) is 0 Å². The van der Waals surface area contributed by atoms with E-state index in [1.807, 2.05) is 7.11 Å². The van der Waals surface area contributed by atoms with Crippen LogP contribution in [0.4, 0.5) is 0 Å². The van der Waals surface area contributed by atoms with Gasteiger partial charge in [0.25, 0.3) is 0 Å². The van der Waals surface area contributed by atoms with Crippen LogP contribution < -0.4 is 0 Å². The second-order valence-electron chi connectivity index (χ2n) is 10.3. The average molecular weight is 375 g/mol. The molecule has 146 valence electrons. The van der Waals surface area contributed by atoms with Gasteiger partial charge in [-0.05, 0) is 105 Å². The van der Waals surface area contributed by atoms with Gasteiger partial charge in [-0.2, -0.15) is 0 Å². The lowest BCUT2D eigenvalue weighted by atomic mass is 9.52. The number of hydrogen-bond acceptors (Lipinski definition) is 2. The van der Waals surface area contributed by atoms with Gasteiger partial charge < -0.3 is 9.16 Å². The topological polar surface area (TPSA) is 18.5 Å². The molecule has 0 aromatic rings. The molecule has 26 heavy (non-hydrogen) atoms. The van der Waals surface area contributed by atoms with Gasteiger partial charge >= 0.3 is 0 Å². The second-order valence-corrected chi connectivity index (χ2v) is 14.7. The number of allylic oxidation sites excluding steroid dienone is 4. The highest BCUT2D eigenvalue weighted by Gasteiger charge is 2.58. The monoisotopic (exact) mass is 374 g/mol. The molecule has 0 bridgehead atoms. The number of fused-ring (bicyclic) bond motifs is 5. The molecule has 0 heterocycles. The van der Waals surface area contributed by atoms with E-state index in [2.05, 4.69) is 38.7 Å². The summed E-state index contributed by atoms with van der Waals surface area (Å²) in [5.74, 6) is 4.66. The van der Waals surface area contributed by atoms with E-state index in [9.17, 15) is 0 Å². The number of hydrogen-bond donors (Lipinski definition) is 0. The summed E-state index contributed by atoms with van der Waals surface area (Å²) in [7, 11) is 0.346. The predicted molar refractivity (Wildman–Crippen MR) is 110 cm³/mol. The molecule has 0 aromatic heterocycles. The maximum absolute atomic E-state index is 6.77. The normalized spacial score (nSPS) is 42.3.